The van der Waals surface area contributed by atoms with Gasteiger partial charge in [-0.1, -0.05) is 30.3 Å². The van der Waals surface area contributed by atoms with Gasteiger partial charge in [0.1, 0.15) is 5.75 Å². The van der Waals surface area contributed by atoms with E-state index in [1.807, 2.05) is 25.1 Å². The molecule has 0 bridgehead atoms. The van der Waals surface area contributed by atoms with E-state index in [-0.39, 0.29) is 6.04 Å². The summed E-state index contributed by atoms with van der Waals surface area (Å²) in [6, 6.07) is 16.8. The van der Waals surface area contributed by atoms with E-state index in [1.54, 1.807) is 0 Å². The monoisotopic (exact) mass is 255 g/mol. The molecule has 0 saturated heterocycles. The number of rotatable bonds is 5. The quantitative estimate of drug-likeness (QED) is 0.845. The molecule has 1 atom stereocenters. The highest BCUT2D eigenvalue weighted by Gasteiger charge is 2.10. The molecule has 0 saturated carbocycles. The molecular formula is C17H21NO. The van der Waals surface area contributed by atoms with Crippen LogP contribution in [0.25, 0.3) is 0 Å². The molecule has 0 radical (unpaired) electrons. The topological polar surface area (TPSA) is 21.3 Å². The van der Waals surface area contributed by atoms with Crippen molar-refractivity contribution in [3.63, 3.8) is 0 Å². The van der Waals surface area contributed by atoms with Crippen LogP contribution in [0.4, 0.5) is 5.69 Å². The first-order chi connectivity index (χ1) is 9.20. The molecule has 0 heterocycles. The van der Waals surface area contributed by atoms with Gasteiger partial charge in [-0.25, -0.2) is 0 Å². The maximum absolute atomic E-state index is 5.68. The van der Waals surface area contributed by atoms with E-state index < -0.39 is 0 Å². The van der Waals surface area contributed by atoms with Crippen molar-refractivity contribution in [1.29, 1.82) is 0 Å². The molecule has 1 N–H and O–H groups in total. The molecule has 19 heavy (non-hydrogen) atoms. The molecule has 1 unspecified atom stereocenters. The highest BCUT2D eigenvalue weighted by atomic mass is 16.5. The lowest BCUT2D eigenvalue weighted by atomic mass is 10.1. The number of hydrogen-bond acceptors (Lipinski definition) is 2. The van der Waals surface area contributed by atoms with E-state index in [2.05, 4.69) is 49.5 Å². The third kappa shape index (κ3) is 3.50. The fourth-order valence-electron chi connectivity index (χ4n) is 2.19. The van der Waals surface area contributed by atoms with Crippen LogP contribution in [0, 0.1) is 6.92 Å². The molecule has 2 aromatic carbocycles. The summed E-state index contributed by atoms with van der Waals surface area (Å²) in [6.45, 7) is 6.95. The zero-order chi connectivity index (χ0) is 13.7. The summed E-state index contributed by atoms with van der Waals surface area (Å²) in [5.41, 5.74) is 3.58. The Hall–Kier alpha value is -1.96. The number of nitrogens with one attached hydrogen (secondary N) is 1. The van der Waals surface area contributed by atoms with Crippen LogP contribution in [0.5, 0.6) is 5.75 Å². The van der Waals surface area contributed by atoms with Crippen LogP contribution in [-0.2, 0) is 0 Å². The minimum absolute atomic E-state index is 0.213. The van der Waals surface area contributed by atoms with Gasteiger partial charge in [0.15, 0.2) is 0 Å². The van der Waals surface area contributed by atoms with Gasteiger partial charge in [0, 0.05) is 11.3 Å². The van der Waals surface area contributed by atoms with Gasteiger partial charge < -0.3 is 10.1 Å². The second-order valence-corrected chi connectivity index (χ2v) is 4.71. The van der Waals surface area contributed by atoms with Gasteiger partial charge in [0.2, 0.25) is 0 Å². The van der Waals surface area contributed by atoms with E-state index in [0.717, 1.165) is 11.4 Å². The van der Waals surface area contributed by atoms with Crippen LogP contribution < -0.4 is 10.1 Å². The van der Waals surface area contributed by atoms with Crippen molar-refractivity contribution >= 4 is 5.69 Å². The van der Waals surface area contributed by atoms with Crippen molar-refractivity contribution in [2.75, 3.05) is 11.9 Å². The number of para-hydroxylation sites is 1. The normalized spacial score (nSPS) is 11.9. The van der Waals surface area contributed by atoms with Crippen molar-refractivity contribution in [2.24, 2.45) is 0 Å². The lowest BCUT2D eigenvalue weighted by Crippen LogP contribution is -2.09. The van der Waals surface area contributed by atoms with Gasteiger partial charge >= 0.3 is 0 Å². The van der Waals surface area contributed by atoms with Gasteiger partial charge in [0.25, 0.3) is 0 Å². The summed E-state index contributed by atoms with van der Waals surface area (Å²) in [4.78, 5) is 0. The van der Waals surface area contributed by atoms with Crippen molar-refractivity contribution in [2.45, 2.75) is 26.8 Å². The standard InChI is InChI=1S/C17H21NO/c1-4-19-17-11-6-5-10-16(17)14(3)18-15-9-7-8-13(2)12-15/h5-12,14,18H,4H2,1-3H3. The largest absolute Gasteiger partial charge is 0.494 e. The third-order valence-corrected chi connectivity index (χ3v) is 3.09. The smallest absolute Gasteiger partial charge is 0.124 e. The Morgan fingerprint density at radius 2 is 1.89 bits per heavy atom. The fraction of sp³-hybridized carbons (Fsp3) is 0.294. The summed E-state index contributed by atoms with van der Waals surface area (Å²) < 4.78 is 5.68. The Kier molecular flexibility index (Phi) is 4.45. The van der Waals surface area contributed by atoms with Crippen molar-refractivity contribution in [3.05, 3.63) is 59.7 Å². The van der Waals surface area contributed by atoms with E-state index in [0.29, 0.717) is 6.61 Å². The maximum Gasteiger partial charge on any atom is 0.124 e. The summed E-state index contributed by atoms with van der Waals surface area (Å²) >= 11 is 0. The molecule has 2 aromatic rings. The molecular weight excluding hydrogens is 234 g/mol. The molecule has 100 valence electrons. The average molecular weight is 255 g/mol. The predicted octanol–water partition coefficient (Wildman–Crippen LogP) is 4.57. The lowest BCUT2D eigenvalue weighted by Gasteiger charge is -2.19. The highest BCUT2D eigenvalue weighted by molar-refractivity contribution is 5.49. The number of benzene rings is 2. The summed E-state index contributed by atoms with van der Waals surface area (Å²) in [5.74, 6) is 0.956. The van der Waals surface area contributed by atoms with Gasteiger partial charge in [-0.3, -0.25) is 0 Å². The maximum atomic E-state index is 5.68. The first kappa shape index (κ1) is 13.5. The minimum atomic E-state index is 0.213. The van der Waals surface area contributed by atoms with E-state index in [1.165, 1.54) is 11.1 Å². The van der Waals surface area contributed by atoms with Crippen molar-refractivity contribution in [1.82, 2.24) is 0 Å². The molecule has 0 amide bonds. The Labute approximate surface area is 115 Å². The predicted molar refractivity (Wildman–Crippen MR) is 80.8 cm³/mol. The number of aryl methyl sites for hydroxylation is 1. The number of hydrogen-bond donors (Lipinski definition) is 1. The van der Waals surface area contributed by atoms with Crippen LogP contribution in [0.2, 0.25) is 0 Å². The molecule has 2 heteroatoms. The number of anilines is 1. The highest BCUT2D eigenvalue weighted by Crippen LogP contribution is 2.27. The minimum Gasteiger partial charge on any atom is -0.494 e. The lowest BCUT2D eigenvalue weighted by molar-refractivity contribution is 0.335. The molecule has 0 aliphatic rings. The summed E-state index contributed by atoms with van der Waals surface area (Å²) in [7, 11) is 0. The van der Waals surface area contributed by atoms with Crippen molar-refractivity contribution in [3.8, 4) is 5.75 Å². The van der Waals surface area contributed by atoms with Crippen LogP contribution in [0.15, 0.2) is 48.5 Å². The zero-order valence-electron chi connectivity index (χ0n) is 11.8. The van der Waals surface area contributed by atoms with Crippen LogP contribution in [0.1, 0.15) is 31.0 Å². The van der Waals surface area contributed by atoms with E-state index in [9.17, 15) is 0 Å². The Bertz CT molecular complexity index is 536. The molecule has 0 aliphatic heterocycles. The molecule has 2 nitrogen and oxygen atoms in total. The van der Waals surface area contributed by atoms with Gasteiger partial charge in [-0.05, 0) is 44.5 Å². The molecule has 0 aliphatic carbocycles. The second kappa shape index (κ2) is 6.28. The van der Waals surface area contributed by atoms with Crippen molar-refractivity contribution < 1.29 is 4.74 Å². The SMILES string of the molecule is CCOc1ccccc1C(C)Nc1cccc(C)c1. The molecule has 0 fully saturated rings. The fourth-order valence-corrected chi connectivity index (χ4v) is 2.19. The van der Waals surface area contributed by atoms with Gasteiger partial charge in [0.05, 0.1) is 12.6 Å². The Balaban J connectivity index is 2.17. The molecule has 0 spiro atoms. The average Bonchev–Trinajstić information content (AvgIpc) is 2.39. The van der Waals surface area contributed by atoms with Gasteiger partial charge in [-0.15, -0.1) is 0 Å². The first-order valence-electron chi connectivity index (χ1n) is 6.75. The first-order valence-corrected chi connectivity index (χ1v) is 6.75. The zero-order valence-corrected chi connectivity index (χ0v) is 11.8. The Morgan fingerprint density at radius 3 is 2.63 bits per heavy atom. The van der Waals surface area contributed by atoms with E-state index >= 15 is 0 Å². The Morgan fingerprint density at radius 1 is 1.11 bits per heavy atom. The third-order valence-electron chi connectivity index (χ3n) is 3.09. The summed E-state index contributed by atoms with van der Waals surface area (Å²) in [5, 5.41) is 3.52. The van der Waals surface area contributed by atoms with Crippen LogP contribution in [-0.4, -0.2) is 6.61 Å². The molecule has 2 rings (SSSR count). The van der Waals surface area contributed by atoms with E-state index in [4.69, 9.17) is 4.74 Å². The summed E-state index contributed by atoms with van der Waals surface area (Å²) in [6.07, 6.45) is 0. The molecule has 0 aromatic heterocycles. The second-order valence-electron chi connectivity index (χ2n) is 4.71. The number of ether oxygens (including phenoxy) is 1. The van der Waals surface area contributed by atoms with Crippen LogP contribution in [0.3, 0.4) is 0 Å². The van der Waals surface area contributed by atoms with Gasteiger partial charge in [-0.2, -0.15) is 0 Å². The van der Waals surface area contributed by atoms with Crippen LogP contribution >= 0.6 is 0 Å².